The smallest absolute Gasteiger partial charge is 0.270 e. The highest BCUT2D eigenvalue weighted by atomic mass is 35.5. The van der Waals surface area contributed by atoms with Crippen LogP contribution >= 0.6 is 22.9 Å². The second kappa shape index (κ2) is 6.96. The monoisotopic (exact) mass is 323 g/mol. The molecule has 0 saturated heterocycles. The first-order valence-corrected chi connectivity index (χ1v) is 7.24. The van der Waals surface area contributed by atoms with E-state index in [1.807, 2.05) is 0 Å². The molecule has 1 aromatic heterocycles. The van der Waals surface area contributed by atoms with E-state index in [0.29, 0.717) is 16.4 Å². The van der Waals surface area contributed by atoms with Gasteiger partial charge in [-0.3, -0.25) is 20.2 Å². The molecule has 2 rings (SSSR count). The van der Waals surface area contributed by atoms with Gasteiger partial charge in [0.05, 0.1) is 16.5 Å². The number of rotatable bonds is 5. The molecule has 6 nitrogen and oxygen atoms in total. The molecular weight excluding hydrogens is 314 g/mol. The molecule has 0 radical (unpaired) electrons. The lowest BCUT2D eigenvalue weighted by Crippen LogP contribution is -2.07. The topological polar surface area (TPSA) is 85.1 Å². The summed E-state index contributed by atoms with van der Waals surface area (Å²) in [6.45, 7) is 0. The normalized spacial score (nSPS) is 10.7. The van der Waals surface area contributed by atoms with Crippen molar-refractivity contribution in [1.82, 2.24) is 4.98 Å². The van der Waals surface area contributed by atoms with Crippen LogP contribution in [0.4, 0.5) is 10.8 Å². The zero-order chi connectivity index (χ0) is 15.2. The van der Waals surface area contributed by atoms with Crippen molar-refractivity contribution in [2.75, 3.05) is 5.32 Å². The lowest BCUT2D eigenvalue weighted by atomic mass is 10.2. The van der Waals surface area contributed by atoms with Gasteiger partial charge >= 0.3 is 0 Å². The molecule has 108 valence electrons. The van der Waals surface area contributed by atoms with Crippen LogP contribution in [0.25, 0.3) is 6.08 Å². The Bertz CT molecular complexity index is 699. The minimum absolute atomic E-state index is 0.0239. The third-order valence-electron chi connectivity index (χ3n) is 2.43. The Morgan fingerprint density at radius 1 is 1.52 bits per heavy atom. The first kappa shape index (κ1) is 15.1. The fraction of sp³-hybridized carbons (Fsp3) is 0.0769. The molecule has 0 unspecified atom stereocenters. The maximum atomic E-state index is 11.7. The quantitative estimate of drug-likeness (QED) is 0.395. The number of anilines is 1. The summed E-state index contributed by atoms with van der Waals surface area (Å²) in [6.07, 6.45) is 2.79. The average molecular weight is 324 g/mol. The number of carbonyl (C=O) groups excluding carboxylic acids is 1. The van der Waals surface area contributed by atoms with Gasteiger partial charge in [-0.05, 0) is 11.6 Å². The standard InChI is InChI=1S/C13H10ClN3O3S/c14-7-10-8-21-13(15-10)16-12(18)5-4-9-2-1-3-11(6-9)17(19)20/h1-6,8H,7H2,(H,15,16,18)/b5-4+. The van der Waals surface area contributed by atoms with Gasteiger partial charge < -0.3 is 0 Å². The summed E-state index contributed by atoms with van der Waals surface area (Å²) in [5.41, 5.74) is 1.24. The SMILES string of the molecule is O=C(/C=C/c1cccc([N+](=O)[O-])c1)Nc1nc(CCl)cs1. The fourth-order valence-electron chi connectivity index (χ4n) is 1.49. The molecule has 0 spiro atoms. The van der Waals surface area contributed by atoms with Crippen LogP contribution in [0.5, 0.6) is 0 Å². The van der Waals surface area contributed by atoms with Gasteiger partial charge in [0.25, 0.3) is 5.69 Å². The number of hydrogen-bond donors (Lipinski definition) is 1. The van der Waals surface area contributed by atoms with Crippen LogP contribution in [-0.2, 0) is 10.7 Å². The summed E-state index contributed by atoms with van der Waals surface area (Å²) < 4.78 is 0. The second-order valence-electron chi connectivity index (χ2n) is 3.95. The van der Waals surface area contributed by atoms with E-state index in [9.17, 15) is 14.9 Å². The Hall–Kier alpha value is -2.25. The van der Waals surface area contributed by atoms with E-state index in [-0.39, 0.29) is 17.5 Å². The van der Waals surface area contributed by atoms with Crippen LogP contribution in [0, 0.1) is 10.1 Å². The molecular formula is C13H10ClN3O3S. The van der Waals surface area contributed by atoms with Crippen LogP contribution in [0.15, 0.2) is 35.7 Å². The number of non-ortho nitro benzene ring substituents is 1. The summed E-state index contributed by atoms with van der Waals surface area (Å²) in [7, 11) is 0. The molecule has 8 heteroatoms. The number of benzene rings is 1. The predicted molar refractivity (Wildman–Crippen MR) is 82.4 cm³/mol. The molecule has 0 atom stereocenters. The van der Waals surface area contributed by atoms with Gasteiger partial charge in [0.1, 0.15) is 0 Å². The largest absolute Gasteiger partial charge is 0.298 e. The summed E-state index contributed by atoms with van der Waals surface area (Å²) in [5.74, 6) is -0.0763. The zero-order valence-corrected chi connectivity index (χ0v) is 12.2. The molecule has 1 aromatic carbocycles. The number of nitro benzene ring substituents is 1. The Morgan fingerprint density at radius 3 is 3.00 bits per heavy atom. The molecule has 1 heterocycles. The molecule has 0 aliphatic heterocycles. The zero-order valence-electron chi connectivity index (χ0n) is 10.7. The van der Waals surface area contributed by atoms with Crippen molar-refractivity contribution >= 4 is 45.7 Å². The van der Waals surface area contributed by atoms with Crippen molar-refractivity contribution in [2.24, 2.45) is 0 Å². The molecule has 2 aromatic rings. The fourth-order valence-corrected chi connectivity index (χ4v) is 2.43. The third-order valence-corrected chi connectivity index (χ3v) is 3.51. The van der Waals surface area contributed by atoms with Gasteiger partial charge in [0.2, 0.25) is 5.91 Å². The van der Waals surface area contributed by atoms with Crippen molar-refractivity contribution in [3.63, 3.8) is 0 Å². The van der Waals surface area contributed by atoms with Crippen molar-refractivity contribution in [2.45, 2.75) is 5.88 Å². The van der Waals surface area contributed by atoms with Gasteiger partial charge in [0.15, 0.2) is 5.13 Å². The molecule has 0 aliphatic carbocycles. The number of nitrogens with zero attached hydrogens (tertiary/aromatic N) is 2. The number of amides is 1. The summed E-state index contributed by atoms with van der Waals surface area (Å²) >= 11 is 6.90. The molecule has 1 amide bonds. The maximum absolute atomic E-state index is 11.7. The van der Waals surface area contributed by atoms with Gasteiger partial charge in [-0.1, -0.05) is 12.1 Å². The number of aromatic nitrogens is 1. The minimum atomic E-state index is -0.485. The van der Waals surface area contributed by atoms with Crippen molar-refractivity contribution in [3.8, 4) is 0 Å². The number of carbonyl (C=O) groups is 1. The van der Waals surface area contributed by atoms with Crippen molar-refractivity contribution in [3.05, 3.63) is 57.1 Å². The average Bonchev–Trinajstić information content (AvgIpc) is 2.93. The molecule has 0 saturated carbocycles. The highest BCUT2D eigenvalue weighted by molar-refractivity contribution is 7.14. The van der Waals surface area contributed by atoms with Crippen molar-refractivity contribution in [1.29, 1.82) is 0 Å². The van der Waals surface area contributed by atoms with Crippen LogP contribution in [0.2, 0.25) is 0 Å². The molecule has 0 fully saturated rings. The number of nitro groups is 1. The van der Waals surface area contributed by atoms with E-state index >= 15 is 0 Å². The van der Waals surface area contributed by atoms with Crippen LogP contribution in [-0.4, -0.2) is 15.8 Å². The first-order valence-electron chi connectivity index (χ1n) is 5.82. The van der Waals surface area contributed by atoms with E-state index < -0.39 is 4.92 Å². The van der Waals surface area contributed by atoms with Gasteiger partial charge in [-0.25, -0.2) is 4.98 Å². The molecule has 21 heavy (non-hydrogen) atoms. The van der Waals surface area contributed by atoms with Crippen LogP contribution in [0.3, 0.4) is 0 Å². The summed E-state index contributed by atoms with van der Waals surface area (Å²) in [5, 5.41) is 15.5. The Balaban J connectivity index is 2.01. The number of halogens is 1. The molecule has 0 bridgehead atoms. The van der Waals surface area contributed by atoms with Crippen LogP contribution in [0.1, 0.15) is 11.3 Å². The Kier molecular flexibility index (Phi) is 5.02. The Morgan fingerprint density at radius 2 is 2.33 bits per heavy atom. The van der Waals surface area contributed by atoms with E-state index in [0.717, 1.165) is 0 Å². The second-order valence-corrected chi connectivity index (χ2v) is 5.08. The Labute approximate surface area is 129 Å². The summed E-state index contributed by atoms with van der Waals surface area (Å²) in [4.78, 5) is 26.0. The molecule has 0 aliphatic rings. The van der Waals surface area contributed by atoms with Gasteiger partial charge in [-0.2, -0.15) is 0 Å². The lowest BCUT2D eigenvalue weighted by Gasteiger charge is -1.96. The van der Waals surface area contributed by atoms with E-state index in [1.165, 1.54) is 35.6 Å². The lowest BCUT2D eigenvalue weighted by molar-refractivity contribution is -0.384. The number of thiazole rings is 1. The highest BCUT2D eigenvalue weighted by Crippen LogP contribution is 2.17. The molecule has 1 N–H and O–H groups in total. The van der Waals surface area contributed by atoms with E-state index in [4.69, 9.17) is 11.6 Å². The van der Waals surface area contributed by atoms with Gasteiger partial charge in [0, 0.05) is 23.6 Å². The predicted octanol–water partition coefficient (Wildman–Crippen LogP) is 3.44. The number of hydrogen-bond acceptors (Lipinski definition) is 5. The first-order chi connectivity index (χ1) is 10.1. The van der Waals surface area contributed by atoms with E-state index in [2.05, 4.69) is 10.3 Å². The highest BCUT2D eigenvalue weighted by Gasteiger charge is 2.05. The third kappa shape index (κ3) is 4.37. The van der Waals surface area contributed by atoms with Gasteiger partial charge in [-0.15, -0.1) is 22.9 Å². The minimum Gasteiger partial charge on any atom is -0.298 e. The summed E-state index contributed by atoms with van der Waals surface area (Å²) in [6, 6.07) is 6.01. The number of alkyl halides is 1. The van der Waals surface area contributed by atoms with E-state index in [1.54, 1.807) is 17.5 Å². The van der Waals surface area contributed by atoms with Crippen molar-refractivity contribution < 1.29 is 9.72 Å². The number of nitrogens with one attached hydrogen (secondary N) is 1. The van der Waals surface area contributed by atoms with Crippen LogP contribution < -0.4 is 5.32 Å². The maximum Gasteiger partial charge on any atom is 0.270 e.